The maximum Gasteiger partial charge on any atom is 0.231 e. The van der Waals surface area contributed by atoms with E-state index in [1.54, 1.807) is 37.4 Å². The van der Waals surface area contributed by atoms with Crippen LogP contribution in [0.4, 0.5) is 0 Å². The second kappa shape index (κ2) is 6.48. The summed E-state index contributed by atoms with van der Waals surface area (Å²) >= 11 is 0. The topological polar surface area (TPSA) is 88.8 Å². The van der Waals surface area contributed by atoms with Crippen LogP contribution in [0.15, 0.2) is 54.2 Å². The van der Waals surface area contributed by atoms with Crippen LogP contribution in [0.1, 0.15) is 18.9 Å². The highest BCUT2D eigenvalue weighted by atomic mass is 16.3. The van der Waals surface area contributed by atoms with Crippen LogP contribution in [0.5, 0.6) is 5.75 Å². The standard InChI is InChI=1S/C17H20N4O2/c1-4-19-14(12-6-5-7-13(22)10-12)8-9-17(2)11-15(23)21(3)16(18)20-17/h4-10,22H,1,11H2,2-3H3,(H2,18,20)/b9-8+,19-14+/t17-/m1/s1. The van der Waals surface area contributed by atoms with E-state index in [4.69, 9.17) is 5.41 Å². The molecule has 1 saturated heterocycles. The quantitative estimate of drug-likeness (QED) is 0.743. The zero-order chi connectivity index (χ0) is 17.0. The Balaban J connectivity index is 2.28. The number of carbonyl (C=O) groups is 1. The number of amides is 1. The lowest BCUT2D eigenvalue weighted by Crippen LogP contribution is -2.59. The van der Waals surface area contributed by atoms with Gasteiger partial charge in [-0.2, -0.15) is 0 Å². The van der Waals surface area contributed by atoms with Crippen LogP contribution in [0.25, 0.3) is 0 Å². The first-order chi connectivity index (χ1) is 10.8. The van der Waals surface area contributed by atoms with Gasteiger partial charge in [-0.3, -0.25) is 20.1 Å². The minimum atomic E-state index is -0.667. The van der Waals surface area contributed by atoms with Crippen LogP contribution in [0.2, 0.25) is 0 Å². The van der Waals surface area contributed by atoms with Gasteiger partial charge in [-0.1, -0.05) is 24.8 Å². The zero-order valence-electron chi connectivity index (χ0n) is 13.2. The van der Waals surface area contributed by atoms with E-state index in [0.717, 1.165) is 5.56 Å². The molecule has 0 saturated carbocycles. The van der Waals surface area contributed by atoms with Crippen molar-refractivity contribution in [2.24, 2.45) is 4.99 Å². The monoisotopic (exact) mass is 312 g/mol. The predicted octanol–water partition coefficient (Wildman–Crippen LogP) is 2.03. The number of nitrogens with one attached hydrogen (secondary N) is 2. The molecule has 1 aromatic rings. The second-order valence-corrected chi connectivity index (χ2v) is 5.60. The van der Waals surface area contributed by atoms with E-state index in [2.05, 4.69) is 16.9 Å². The molecule has 120 valence electrons. The summed E-state index contributed by atoms with van der Waals surface area (Å²) in [4.78, 5) is 17.4. The number of aliphatic imine (C=N–C) groups is 1. The highest BCUT2D eigenvalue weighted by Crippen LogP contribution is 2.19. The number of guanidine groups is 1. The maximum atomic E-state index is 11.9. The SMILES string of the molecule is C=C/N=C(\C=C\[C@]1(C)CC(=O)N(C)C(=N)N1)c1cccc(O)c1. The van der Waals surface area contributed by atoms with Gasteiger partial charge in [0, 0.05) is 18.8 Å². The molecule has 2 rings (SSSR count). The van der Waals surface area contributed by atoms with Crippen molar-refractivity contribution < 1.29 is 9.90 Å². The number of benzene rings is 1. The van der Waals surface area contributed by atoms with E-state index in [9.17, 15) is 9.90 Å². The molecule has 3 N–H and O–H groups in total. The van der Waals surface area contributed by atoms with Crippen molar-refractivity contribution >= 4 is 17.6 Å². The van der Waals surface area contributed by atoms with Gasteiger partial charge in [0.25, 0.3) is 0 Å². The number of allylic oxidation sites excluding steroid dienone is 1. The van der Waals surface area contributed by atoms with E-state index >= 15 is 0 Å². The lowest BCUT2D eigenvalue weighted by Gasteiger charge is -2.37. The Morgan fingerprint density at radius 2 is 2.30 bits per heavy atom. The van der Waals surface area contributed by atoms with Crippen LogP contribution in [-0.4, -0.2) is 40.2 Å². The second-order valence-electron chi connectivity index (χ2n) is 5.60. The lowest BCUT2D eigenvalue weighted by molar-refractivity contribution is -0.128. The van der Waals surface area contributed by atoms with Crippen molar-refractivity contribution in [3.05, 3.63) is 54.8 Å². The van der Waals surface area contributed by atoms with Gasteiger partial charge in [-0.05, 0) is 25.1 Å². The zero-order valence-corrected chi connectivity index (χ0v) is 13.2. The van der Waals surface area contributed by atoms with Crippen molar-refractivity contribution in [1.82, 2.24) is 10.2 Å². The van der Waals surface area contributed by atoms with E-state index in [1.165, 1.54) is 11.1 Å². The molecule has 0 spiro atoms. The number of aromatic hydroxyl groups is 1. The van der Waals surface area contributed by atoms with Gasteiger partial charge in [-0.25, -0.2) is 0 Å². The molecule has 0 aliphatic carbocycles. The summed E-state index contributed by atoms with van der Waals surface area (Å²) in [6.45, 7) is 5.44. The van der Waals surface area contributed by atoms with Gasteiger partial charge in [0.1, 0.15) is 5.75 Å². The number of phenolic OH excluding ortho intramolecular Hbond substituents is 1. The van der Waals surface area contributed by atoms with Gasteiger partial charge >= 0.3 is 0 Å². The third-order valence-corrected chi connectivity index (χ3v) is 3.61. The van der Waals surface area contributed by atoms with E-state index in [1.807, 2.05) is 13.0 Å². The average Bonchev–Trinajstić information content (AvgIpc) is 2.49. The maximum absolute atomic E-state index is 11.9. The van der Waals surface area contributed by atoms with Crippen molar-refractivity contribution in [2.45, 2.75) is 18.9 Å². The molecule has 23 heavy (non-hydrogen) atoms. The molecule has 1 amide bonds. The number of hydrogen-bond donors (Lipinski definition) is 3. The van der Waals surface area contributed by atoms with Crippen LogP contribution in [0, 0.1) is 5.41 Å². The fourth-order valence-electron chi connectivity index (χ4n) is 2.30. The number of carbonyl (C=O) groups excluding carboxylic acids is 1. The smallest absolute Gasteiger partial charge is 0.231 e. The molecule has 1 atom stereocenters. The molecule has 1 aliphatic rings. The lowest BCUT2D eigenvalue weighted by atomic mass is 9.93. The first kappa shape index (κ1) is 16.5. The Hall–Kier alpha value is -2.89. The summed E-state index contributed by atoms with van der Waals surface area (Å²) in [5, 5.41) is 20.4. The van der Waals surface area contributed by atoms with E-state index in [-0.39, 0.29) is 24.0 Å². The van der Waals surface area contributed by atoms with Crippen LogP contribution < -0.4 is 5.32 Å². The highest BCUT2D eigenvalue weighted by Gasteiger charge is 2.34. The summed E-state index contributed by atoms with van der Waals surface area (Å²) < 4.78 is 0. The average molecular weight is 312 g/mol. The Morgan fingerprint density at radius 1 is 1.57 bits per heavy atom. The fourth-order valence-corrected chi connectivity index (χ4v) is 2.30. The third kappa shape index (κ3) is 3.85. The fraction of sp³-hybridized carbons (Fsp3) is 0.235. The molecule has 1 fully saturated rings. The van der Waals surface area contributed by atoms with Crippen LogP contribution in [0.3, 0.4) is 0 Å². The number of rotatable bonds is 4. The van der Waals surface area contributed by atoms with Gasteiger partial charge in [0.15, 0.2) is 5.96 Å². The predicted molar refractivity (Wildman–Crippen MR) is 90.6 cm³/mol. The van der Waals surface area contributed by atoms with Gasteiger partial charge in [0.2, 0.25) is 5.91 Å². The van der Waals surface area contributed by atoms with E-state index in [0.29, 0.717) is 5.71 Å². The first-order valence-corrected chi connectivity index (χ1v) is 7.15. The molecule has 0 bridgehead atoms. The molecule has 1 heterocycles. The minimum absolute atomic E-state index is 0.0629. The van der Waals surface area contributed by atoms with Gasteiger partial charge in [0.05, 0.1) is 17.7 Å². The molecule has 0 radical (unpaired) electrons. The summed E-state index contributed by atoms with van der Waals surface area (Å²) in [5.41, 5.74) is 0.676. The molecule has 6 heteroatoms. The summed E-state index contributed by atoms with van der Waals surface area (Å²) in [6.07, 6.45) is 5.22. The normalized spacial score (nSPS) is 22.3. The largest absolute Gasteiger partial charge is 0.508 e. The van der Waals surface area contributed by atoms with Crippen LogP contribution in [-0.2, 0) is 4.79 Å². The minimum Gasteiger partial charge on any atom is -0.508 e. The Kier molecular flexibility index (Phi) is 4.64. The van der Waals surface area contributed by atoms with Crippen LogP contribution >= 0.6 is 0 Å². The van der Waals surface area contributed by atoms with Crippen molar-refractivity contribution in [3.8, 4) is 5.75 Å². The Labute approximate surface area is 135 Å². The van der Waals surface area contributed by atoms with Crippen molar-refractivity contribution in [3.63, 3.8) is 0 Å². The number of hydrogen-bond acceptors (Lipinski definition) is 4. The van der Waals surface area contributed by atoms with E-state index < -0.39 is 5.54 Å². The number of phenols is 1. The molecular weight excluding hydrogens is 292 g/mol. The molecule has 0 unspecified atom stereocenters. The Bertz CT molecular complexity index is 688. The number of nitrogens with zero attached hydrogens (tertiary/aromatic N) is 2. The van der Waals surface area contributed by atoms with Crippen molar-refractivity contribution in [1.29, 1.82) is 5.41 Å². The summed E-state index contributed by atoms with van der Waals surface area (Å²) in [6, 6.07) is 6.73. The third-order valence-electron chi connectivity index (χ3n) is 3.61. The first-order valence-electron chi connectivity index (χ1n) is 7.15. The van der Waals surface area contributed by atoms with Gasteiger partial charge in [-0.15, -0.1) is 0 Å². The Morgan fingerprint density at radius 3 is 2.91 bits per heavy atom. The highest BCUT2D eigenvalue weighted by molar-refractivity contribution is 6.09. The molecule has 0 aromatic heterocycles. The van der Waals surface area contributed by atoms with Gasteiger partial charge < -0.3 is 10.4 Å². The molecule has 1 aromatic carbocycles. The summed E-state index contributed by atoms with van der Waals surface area (Å²) in [5.74, 6) is 0.0849. The molecular formula is C17H20N4O2. The molecule has 1 aliphatic heterocycles. The van der Waals surface area contributed by atoms with Crippen molar-refractivity contribution in [2.75, 3.05) is 7.05 Å². The summed E-state index contributed by atoms with van der Waals surface area (Å²) in [7, 11) is 1.57. The molecule has 6 nitrogen and oxygen atoms in total.